The van der Waals surface area contributed by atoms with Crippen LogP contribution < -0.4 is 10.1 Å². The van der Waals surface area contributed by atoms with E-state index in [1.807, 2.05) is 24.5 Å². The Labute approximate surface area is 119 Å². The molecule has 0 amide bonds. The van der Waals surface area contributed by atoms with Crippen LogP contribution >= 0.6 is 0 Å². The van der Waals surface area contributed by atoms with E-state index in [0.717, 1.165) is 31.1 Å². The van der Waals surface area contributed by atoms with Gasteiger partial charge in [-0.15, -0.1) is 0 Å². The smallest absolute Gasteiger partial charge is 0.119 e. The number of hydrogen-bond donors (Lipinski definition) is 1. The van der Waals surface area contributed by atoms with E-state index in [9.17, 15) is 0 Å². The molecule has 5 heteroatoms. The minimum atomic E-state index is 0.713. The Morgan fingerprint density at radius 3 is 3.00 bits per heavy atom. The van der Waals surface area contributed by atoms with E-state index >= 15 is 0 Å². The average molecular weight is 275 g/mol. The van der Waals surface area contributed by atoms with Crippen LogP contribution in [0.15, 0.2) is 36.8 Å². The Hall–Kier alpha value is -1.85. The van der Waals surface area contributed by atoms with Crippen molar-refractivity contribution in [3.05, 3.63) is 48.0 Å². The van der Waals surface area contributed by atoms with Gasteiger partial charge in [0.1, 0.15) is 5.75 Å². The van der Waals surface area contributed by atoms with E-state index < -0.39 is 0 Å². The molecular weight excluding hydrogens is 254 g/mol. The zero-order valence-corrected chi connectivity index (χ0v) is 12.0. The Morgan fingerprint density at radius 1 is 1.30 bits per heavy atom. The van der Waals surface area contributed by atoms with Gasteiger partial charge < -0.3 is 19.4 Å². The van der Waals surface area contributed by atoms with E-state index in [-0.39, 0.29) is 0 Å². The molecule has 1 heterocycles. The van der Waals surface area contributed by atoms with E-state index in [2.05, 4.69) is 27.1 Å². The second kappa shape index (κ2) is 7.67. The van der Waals surface area contributed by atoms with Crippen molar-refractivity contribution in [2.45, 2.75) is 13.1 Å². The lowest BCUT2D eigenvalue weighted by Gasteiger charge is -2.05. The summed E-state index contributed by atoms with van der Waals surface area (Å²) in [5.41, 5.74) is 2.23. The van der Waals surface area contributed by atoms with Crippen LogP contribution in [-0.4, -0.2) is 36.9 Å². The average Bonchev–Trinajstić information content (AvgIpc) is 2.91. The number of imidazole rings is 1. The number of benzene rings is 1. The summed E-state index contributed by atoms with van der Waals surface area (Å²) in [6.45, 7) is 3.10. The maximum Gasteiger partial charge on any atom is 0.119 e. The van der Waals surface area contributed by atoms with E-state index in [1.54, 1.807) is 14.2 Å². The van der Waals surface area contributed by atoms with Crippen LogP contribution in [0.25, 0.3) is 0 Å². The van der Waals surface area contributed by atoms with E-state index in [1.165, 1.54) is 5.56 Å². The van der Waals surface area contributed by atoms with Gasteiger partial charge in [0.15, 0.2) is 0 Å². The Morgan fingerprint density at radius 2 is 2.20 bits per heavy atom. The van der Waals surface area contributed by atoms with Gasteiger partial charge in [-0.05, 0) is 17.7 Å². The number of rotatable bonds is 8. The molecule has 108 valence electrons. The molecule has 0 aliphatic carbocycles. The van der Waals surface area contributed by atoms with Gasteiger partial charge in [0, 0.05) is 32.9 Å². The first-order chi connectivity index (χ1) is 9.81. The van der Waals surface area contributed by atoms with Gasteiger partial charge in [-0.2, -0.15) is 0 Å². The molecule has 0 radical (unpaired) electrons. The minimum absolute atomic E-state index is 0.713. The molecule has 0 spiro atoms. The third-order valence-electron chi connectivity index (χ3n) is 2.98. The van der Waals surface area contributed by atoms with Gasteiger partial charge in [0.25, 0.3) is 0 Å². The third-order valence-corrected chi connectivity index (χ3v) is 2.98. The van der Waals surface area contributed by atoms with Crippen molar-refractivity contribution in [2.75, 3.05) is 27.4 Å². The van der Waals surface area contributed by atoms with E-state index in [0.29, 0.717) is 6.61 Å². The molecule has 0 atom stereocenters. The monoisotopic (exact) mass is 275 g/mol. The summed E-state index contributed by atoms with van der Waals surface area (Å²) < 4.78 is 12.3. The lowest BCUT2D eigenvalue weighted by atomic mass is 10.2. The highest BCUT2D eigenvalue weighted by molar-refractivity contribution is 5.28. The summed E-state index contributed by atoms with van der Waals surface area (Å²) in [5, 5.41) is 3.28. The van der Waals surface area contributed by atoms with Crippen LogP contribution in [0, 0.1) is 0 Å². The maximum atomic E-state index is 5.23. The predicted octanol–water partition coefficient (Wildman–Crippen LogP) is 1.68. The molecule has 0 aliphatic heterocycles. The summed E-state index contributed by atoms with van der Waals surface area (Å²) in [7, 11) is 3.38. The van der Waals surface area contributed by atoms with Gasteiger partial charge in [-0.3, -0.25) is 0 Å². The van der Waals surface area contributed by atoms with Gasteiger partial charge in [0.05, 0.1) is 25.7 Å². The number of nitrogens with one attached hydrogen (secondary N) is 1. The van der Waals surface area contributed by atoms with Crippen molar-refractivity contribution in [2.24, 2.45) is 0 Å². The molecule has 1 aromatic carbocycles. The number of nitrogens with zero attached hydrogens (tertiary/aromatic N) is 2. The van der Waals surface area contributed by atoms with Gasteiger partial charge in [0.2, 0.25) is 0 Å². The molecule has 1 N–H and O–H groups in total. The molecule has 0 saturated heterocycles. The highest BCUT2D eigenvalue weighted by Crippen LogP contribution is 2.13. The molecule has 5 nitrogen and oxygen atoms in total. The fraction of sp³-hybridized carbons (Fsp3) is 0.400. The van der Waals surface area contributed by atoms with Gasteiger partial charge >= 0.3 is 0 Å². The maximum absolute atomic E-state index is 5.23. The molecule has 2 aromatic rings. The van der Waals surface area contributed by atoms with E-state index in [4.69, 9.17) is 9.47 Å². The summed E-state index contributed by atoms with van der Waals surface area (Å²) in [5.74, 6) is 0.879. The predicted molar refractivity (Wildman–Crippen MR) is 77.9 cm³/mol. The zero-order chi connectivity index (χ0) is 14.2. The molecule has 0 aliphatic rings. The largest absolute Gasteiger partial charge is 0.497 e. The number of aromatic nitrogens is 2. The number of hydrogen-bond acceptors (Lipinski definition) is 4. The van der Waals surface area contributed by atoms with Crippen molar-refractivity contribution in [1.82, 2.24) is 14.9 Å². The lowest BCUT2D eigenvalue weighted by Crippen LogP contribution is -2.18. The third kappa shape index (κ3) is 4.36. The van der Waals surface area contributed by atoms with Crippen molar-refractivity contribution in [1.29, 1.82) is 0 Å². The lowest BCUT2D eigenvalue weighted by molar-refractivity contribution is 0.199. The van der Waals surface area contributed by atoms with Crippen LogP contribution in [0.5, 0.6) is 5.75 Å². The topological polar surface area (TPSA) is 48.3 Å². The summed E-state index contributed by atoms with van der Waals surface area (Å²) in [6.07, 6.45) is 3.91. The molecule has 20 heavy (non-hydrogen) atoms. The molecule has 0 unspecified atom stereocenters. The second-order valence-electron chi connectivity index (χ2n) is 4.56. The molecule has 2 rings (SSSR count). The molecule has 1 aromatic heterocycles. The van der Waals surface area contributed by atoms with Crippen molar-refractivity contribution in [3.63, 3.8) is 0 Å². The summed E-state index contributed by atoms with van der Waals surface area (Å²) >= 11 is 0. The van der Waals surface area contributed by atoms with Crippen LogP contribution in [0.4, 0.5) is 0 Å². The second-order valence-corrected chi connectivity index (χ2v) is 4.56. The molecule has 0 bridgehead atoms. The van der Waals surface area contributed by atoms with Gasteiger partial charge in [-0.25, -0.2) is 4.98 Å². The van der Waals surface area contributed by atoms with Crippen molar-refractivity contribution < 1.29 is 9.47 Å². The van der Waals surface area contributed by atoms with Crippen molar-refractivity contribution >= 4 is 0 Å². The first kappa shape index (κ1) is 14.6. The SMILES string of the molecule is COCCNCc1cn(Cc2cccc(OC)c2)cn1. The quantitative estimate of drug-likeness (QED) is 0.745. The summed E-state index contributed by atoms with van der Waals surface area (Å²) in [4.78, 5) is 4.38. The Kier molecular flexibility index (Phi) is 5.58. The zero-order valence-electron chi connectivity index (χ0n) is 12.0. The molecule has 0 fully saturated rings. The van der Waals surface area contributed by atoms with Crippen LogP contribution in [0.3, 0.4) is 0 Å². The fourth-order valence-corrected chi connectivity index (χ4v) is 1.96. The van der Waals surface area contributed by atoms with Crippen LogP contribution in [0.1, 0.15) is 11.3 Å². The Balaban J connectivity index is 1.88. The van der Waals surface area contributed by atoms with Crippen LogP contribution in [-0.2, 0) is 17.8 Å². The fourth-order valence-electron chi connectivity index (χ4n) is 1.96. The number of ether oxygens (including phenoxy) is 2. The normalized spacial score (nSPS) is 10.7. The Bertz CT molecular complexity index is 525. The number of methoxy groups -OCH3 is 2. The highest BCUT2D eigenvalue weighted by Gasteiger charge is 2.01. The first-order valence-corrected chi connectivity index (χ1v) is 6.65. The minimum Gasteiger partial charge on any atom is -0.497 e. The molecule has 0 saturated carbocycles. The summed E-state index contributed by atoms with van der Waals surface area (Å²) in [6, 6.07) is 8.07. The van der Waals surface area contributed by atoms with Crippen LogP contribution in [0.2, 0.25) is 0 Å². The standard InChI is InChI=1S/C15H21N3O2/c1-19-7-6-16-9-14-11-18(12-17-14)10-13-4-3-5-15(8-13)20-2/h3-5,8,11-12,16H,6-7,9-10H2,1-2H3. The molecular formula is C15H21N3O2. The first-order valence-electron chi connectivity index (χ1n) is 6.65. The van der Waals surface area contributed by atoms with Crippen molar-refractivity contribution in [3.8, 4) is 5.75 Å². The van der Waals surface area contributed by atoms with Gasteiger partial charge in [-0.1, -0.05) is 12.1 Å². The highest BCUT2D eigenvalue weighted by atomic mass is 16.5.